The van der Waals surface area contributed by atoms with Crippen molar-refractivity contribution in [1.29, 1.82) is 0 Å². The highest BCUT2D eigenvalue weighted by molar-refractivity contribution is 5.96. The van der Waals surface area contributed by atoms with Gasteiger partial charge in [-0.25, -0.2) is 0 Å². The summed E-state index contributed by atoms with van der Waals surface area (Å²) in [7, 11) is 0. The van der Waals surface area contributed by atoms with Crippen LogP contribution < -0.4 is 11.1 Å². The summed E-state index contributed by atoms with van der Waals surface area (Å²) in [5, 5.41) is 2.97. The smallest absolute Gasteiger partial charge is 0.251 e. The maximum atomic E-state index is 12.2. The van der Waals surface area contributed by atoms with E-state index in [1.54, 1.807) is 0 Å². The minimum Gasteiger partial charge on any atom is -0.352 e. The van der Waals surface area contributed by atoms with E-state index in [1.807, 2.05) is 6.07 Å². The van der Waals surface area contributed by atoms with Crippen LogP contribution in [-0.4, -0.2) is 12.5 Å². The van der Waals surface area contributed by atoms with Crippen molar-refractivity contribution in [1.82, 2.24) is 5.32 Å². The number of amides is 1. The number of hydrogen-bond acceptors (Lipinski definition) is 2. The molecule has 3 nitrogen and oxygen atoms in total. The van der Waals surface area contributed by atoms with E-state index in [2.05, 4.69) is 31.3 Å². The molecule has 2 atom stereocenters. The zero-order chi connectivity index (χ0) is 15.0. The molecule has 1 aliphatic carbocycles. The maximum Gasteiger partial charge on any atom is 0.251 e. The molecule has 3 rings (SSSR count). The fourth-order valence-corrected chi connectivity index (χ4v) is 4.06. The lowest BCUT2D eigenvalue weighted by atomic mass is 9.75. The quantitative estimate of drug-likeness (QED) is 0.877. The second-order valence-corrected chi connectivity index (χ2v) is 7.29. The number of carbonyl (C=O) groups excluding carboxylic acids is 1. The van der Waals surface area contributed by atoms with Crippen molar-refractivity contribution in [3.8, 4) is 0 Å². The fourth-order valence-electron chi connectivity index (χ4n) is 4.06. The van der Waals surface area contributed by atoms with Gasteiger partial charge in [0.15, 0.2) is 0 Å². The second kappa shape index (κ2) is 5.45. The minimum atomic E-state index is 0.0313. The Morgan fingerprint density at radius 3 is 2.86 bits per heavy atom. The van der Waals surface area contributed by atoms with Gasteiger partial charge in [-0.05, 0) is 54.2 Å². The van der Waals surface area contributed by atoms with Gasteiger partial charge in [0.25, 0.3) is 5.91 Å². The van der Waals surface area contributed by atoms with E-state index in [1.165, 1.54) is 19.3 Å². The predicted molar refractivity (Wildman–Crippen MR) is 85.1 cm³/mol. The molecule has 1 aliphatic heterocycles. The van der Waals surface area contributed by atoms with Crippen LogP contribution in [0.3, 0.4) is 0 Å². The Morgan fingerprint density at radius 1 is 1.33 bits per heavy atom. The lowest BCUT2D eigenvalue weighted by molar-refractivity contribution is 0.0956. The molecule has 114 valence electrons. The first kappa shape index (κ1) is 14.6. The lowest BCUT2D eigenvalue weighted by Gasteiger charge is -2.32. The van der Waals surface area contributed by atoms with E-state index in [4.69, 9.17) is 5.73 Å². The van der Waals surface area contributed by atoms with Crippen LogP contribution >= 0.6 is 0 Å². The average Bonchev–Trinajstić information content (AvgIpc) is 2.70. The molecule has 0 saturated heterocycles. The van der Waals surface area contributed by atoms with Crippen LogP contribution in [0.1, 0.15) is 67.1 Å². The largest absolute Gasteiger partial charge is 0.352 e. The van der Waals surface area contributed by atoms with Gasteiger partial charge in [-0.1, -0.05) is 32.4 Å². The normalized spacial score (nSPS) is 25.9. The zero-order valence-corrected chi connectivity index (χ0v) is 13.1. The van der Waals surface area contributed by atoms with Gasteiger partial charge >= 0.3 is 0 Å². The van der Waals surface area contributed by atoms with Crippen LogP contribution in [0.2, 0.25) is 0 Å². The topological polar surface area (TPSA) is 55.1 Å². The number of rotatable bonds is 2. The number of benzene rings is 1. The third-order valence-electron chi connectivity index (χ3n) is 5.45. The van der Waals surface area contributed by atoms with E-state index < -0.39 is 0 Å². The van der Waals surface area contributed by atoms with E-state index in [-0.39, 0.29) is 11.9 Å². The van der Waals surface area contributed by atoms with Crippen molar-refractivity contribution in [2.24, 2.45) is 17.1 Å². The van der Waals surface area contributed by atoms with Gasteiger partial charge in [-0.15, -0.1) is 0 Å². The van der Waals surface area contributed by atoms with Gasteiger partial charge in [-0.3, -0.25) is 4.79 Å². The van der Waals surface area contributed by atoms with Gasteiger partial charge in [-0.2, -0.15) is 0 Å². The summed E-state index contributed by atoms with van der Waals surface area (Å²) in [5.74, 6) is 0.562. The summed E-state index contributed by atoms with van der Waals surface area (Å²) in [6.07, 6.45) is 5.68. The third-order valence-corrected chi connectivity index (χ3v) is 5.45. The van der Waals surface area contributed by atoms with Crippen LogP contribution in [0.5, 0.6) is 0 Å². The third kappa shape index (κ3) is 2.71. The molecule has 1 fully saturated rings. The van der Waals surface area contributed by atoms with Crippen LogP contribution in [0.25, 0.3) is 0 Å². The van der Waals surface area contributed by atoms with Crippen molar-refractivity contribution >= 4 is 5.91 Å². The standard InChI is InChI=1S/C18H26N2O/c1-18(2)9-3-6-15(18)16(19)13-8-7-12-5-4-10-20-17(21)14(12)11-13/h7-8,11,15-16H,3-6,9-10,19H2,1-2H3,(H,20,21). The van der Waals surface area contributed by atoms with Gasteiger partial charge < -0.3 is 11.1 Å². The van der Waals surface area contributed by atoms with Crippen LogP contribution in [0, 0.1) is 11.3 Å². The van der Waals surface area contributed by atoms with Crippen LogP contribution in [0.15, 0.2) is 18.2 Å². The summed E-state index contributed by atoms with van der Waals surface area (Å²) in [6, 6.07) is 6.31. The number of nitrogens with two attached hydrogens (primary N) is 1. The van der Waals surface area contributed by atoms with E-state index in [0.717, 1.165) is 36.1 Å². The molecule has 2 unspecified atom stereocenters. The van der Waals surface area contributed by atoms with Crippen LogP contribution in [0.4, 0.5) is 0 Å². The number of aryl methyl sites for hydroxylation is 1. The Morgan fingerprint density at radius 2 is 2.14 bits per heavy atom. The number of nitrogens with one attached hydrogen (secondary N) is 1. The molecule has 1 aromatic carbocycles. The molecule has 1 heterocycles. The van der Waals surface area contributed by atoms with Gasteiger partial charge in [0, 0.05) is 18.2 Å². The highest BCUT2D eigenvalue weighted by Gasteiger charge is 2.38. The molecular formula is C18H26N2O. The van der Waals surface area contributed by atoms with Crippen molar-refractivity contribution in [2.45, 2.75) is 52.0 Å². The predicted octanol–water partition coefficient (Wildman–Crippen LogP) is 3.19. The summed E-state index contributed by atoms with van der Waals surface area (Å²) in [4.78, 5) is 12.2. The minimum absolute atomic E-state index is 0.0313. The first-order valence-electron chi connectivity index (χ1n) is 8.16. The Bertz CT molecular complexity index is 550. The molecule has 1 aromatic rings. The monoisotopic (exact) mass is 286 g/mol. The van der Waals surface area contributed by atoms with Gasteiger partial charge in [0.1, 0.15) is 0 Å². The fraction of sp³-hybridized carbons (Fsp3) is 0.611. The maximum absolute atomic E-state index is 12.2. The van der Waals surface area contributed by atoms with Crippen LogP contribution in [-0.2, 0) is 6.42 Å². The highest BCUT2D eigenvalue weighted by atomic mass is 16.1. The van der Waals surface area contributed by atoms with E-state index in [9.17, 15) is 4.79 Å². The molecule has 21 heavy (non-hydrogen) atoms. The Hall–Kier alpha value is -1.35. The molecule has 2 aliphatic rings. The average molecular weight is 286 g/mol. The number of fused-ring (bicyclic) bond motifs is 1. The van der Waals surface area contributed by atoms with Crippen molar-refractivity contribution in [3.63, 3.8) is 0 Å². The zero-order valence-electron chi connectivity index (χ0n) is 13.1. The summed E-state index contributed by atoms with van der Waals surface area (Å²) < 4.78 is 0. The molecule has 1 amide bonds. The Labute approximate surface area is 127 Å². The Balaban J connectivity index is 1.91. The summed E-state index contributed by atoms with van der Waals surface area (Å²) in [6.45, 7) is 5.41. The first-order valence-corrected chi connectivity index (χ1v) is 8.16. The number of hydrogen-bond donors (Lipinski definition) is 2. The molecule has 0 radical (unpaired) electrons. The molecule has 3 heteroatoms. The SMILES string of the molecule is CC1(C)CCCC1C(N)c1ccc2c(c1)C(=O)NCCC2. The highest BCUT2D eigenvalue weighted by Crippen LogP contribution is 2.47. The number of carbonyl (C=O) groups is 1. The lowest BCUT2D eigenvalue weighted by Crippen LogP contribution is -2.30. The molecule has 3 N–H and O–H groups in total. The van der Waals surface area contributed by atoms with Gasteiger partial charge in [0.2, 0.25) is 0 Å². The molecule has 0 aromatic heterocycles. The second-order valence-electron chi connectivity index (χ2n) is 7.29. The van der Waals surface area contributed by atoms with E-state index in [0.29, 0.717) is 11.3 Å². The van der Waals surface area contributed by atoms with Gasteiger partial charge in [0.05, 0.1) is 0 Å². The van der Waals surface area contributed by atoms with E-state index >= 15 is 0 Å². The Kier molecular flexibility index (Phi) is 3.78. The summed E-state index contributed by atoms with van der Waals surface area (Å²) >= 11 is 0. The molecular weight excluding hydrogens is 260 g/mol. The van der Waals surface area contributed by atoms with Crippen molar-refractivity contribution in [2.75, 3.05) is 6.54 Å². The molecule has 0 spiro atoms. The first-order chi connectivity index (χ1) is 9.99. The molecule has 1 saturated carbocycles. The van der Waals surface area contributed by atoms with Crippen molar-refractivity contribution < 1.29 is 4.79 Å². The van der Waals surface area contributed by atoms with Crippen molar-refractivity contribution in [3.05, 3.63) is 34.9 Å². The summed E-state index contributed by atoms with van der Waals surface area (Å²) in [5.41, 5.74) is 9.97. The molecule has 0 bridgehead atoms.